The van der Waals surface area contributed by atoms with Crippen molar-refractivity contribution in [2.75, 3.05) is 26.3 Å². The Morgan fingerprint density at radius 1 is 1.00 bits per heavy atom. The van der Waals surface area contributed by atoms with Gasteiger partial charge in [0.1, 0.15) is 0 Å². The molecule has 0 aliphatic heterocycles. The van der Waals surface area contributed by atoms with Crippen LogP contribution < -0.4 is 10.6 Å². The van der Waals surface area contributed by atoms with Crippen molar-refractivity contribution < 1.29 is 37.4 Å². The molecule has 0 saturated heterocycles. The number of carboxylic acid groups (broad SMARTS) is 1. The Kier molecular flexibility index (Phi) is 8.29. The van der Waals surface area contributed by atoms with Gasteiger partial charge in [-0.05, 0) is 0 Å². The molecule has 0 saturated carbocycles. The van der Waals surface area contributed by atoms with E-state index in [1.165, 1.54) is 0 Å². The Balaban J connectivity index is 3.43. The van der Waals surface area contributed by atoms with E-state index in [1.807, 2.05) is 0 Å². The molecule has 0 fully saturated rings. The number of ether oxygens (including phenoxy) is 1. The van der Waals surface area contributed by atoms with Gasteiger partial charge in [-0.1, -0.05) is 0 Å². The van der Waals surface area contributed by atoms with Gasteiger partial charge >= 0.3 is 18.1 Å². The second-order valence-electron chi connectivity index (χ2n) is 3.61. The first kappa shape index (κ1) is 18.2. The largest absolute Gasteiger partial charge is 0.481 e. The molecular weight excluding hydrogens is 285 g/mol. The average molecular weight is 300 g/mol. The van der Waals surface area contributed by atoms with Crippen LogP contribution in [0, 0.1) is 0 Å². The van der Waals surface area contributed by atoms with Gasteiger partial charge in [-0.2, -0.15) is 13.2 Å². The van der Waals surface area contributed by atoms with Crippen molar-refractivity contribution in [2.24, 2.45) is 0 Å². The molecule has 0 aromatic rings. The standard InChI is InChI=1S/C10H15F3N2O5/c11-10(12,13)9(19)15-4-6-20-5-3-14-7(16)1-2-8(17)18/h1-6H2,(H,14,16)(H,15,19)(H,17,18). The van der Waals surface area contributed by atoms with Gasteiger partial charge in [0.15, 0.2) is 0 Å². The highest BCUT2D eigenvalue weighted by Crippen LogP contribution is 2.13. The molecule has 0 aliphatic rings. The molecule has 10 heteroatoms. The van der Waals surface area contributed by atoms with Gasteiger partial charge in [-0.15, -0.1) is 0 Å². The lowest BCUT2D eigenvalue weighted by Crippen LogP contribution is -2.38. The molecule has 2 amide bonds. The molecule has 20 heavy (non-hydrogen) atoms. The zero-order valence-corrected chi connectivity index (χ0v) is 10.5. The topological polar surface area (TPSA) is 105 Å². The van der Waals surface area contributed by atoms with Crippen molar-refractivity contribution in [2.45, 2.75) is 19.0 Å². The lowest BCUT2D eigenvalue weighted by Gasteiger charge is -2.08. The molecule has 0 aromatic heterocycles. The quantitative estimate of drug-likeness (QED) is 0.505. The van der Waals surface area contributed by atoms with E-state index in [-0.39, 0.29) is 39.1 Å². The van der Waals surface area contributed by atoms with Gasteiger partial charge in [0.2, 0.25) is 5.91 Å². The van der Waals surface area contributed by atoms with Crippen molar-refractivity contribution in [1.29, 1.82) is 0 Å². The predicted octanol–water partition coefficient (Wildman–Crippen LogP) is -0.338. The number of amides is 2. The summed E-state index contributed by atoms with van der Waals surface area (Å²) in [6.45, 7) is -0.287. The highest BCUT2D eigenvalue weighted by Gasteiger charge is 2.38. The number of carbonyl (C=O) groups excluding carboxylic acids is 2. The van der Waals surface area contributed by atoms with Crippen LogP contribution in [0.1, 0.15) is 12.8 Å². The molecule has 0 heterocycles. The first-order valence-corrected chi connectivity index (χ1v) is 5.64. The van der Waals surface area contributed by atoms with Crippen molar-refractivity contribution in [1.82, 2.24) is 10.6 Å². The summed E-state index contributed by atoms with van der Waals surface area (Å²) >= 11 is 0. The van der Waals surface area contributed by atoms with Crippen molar-refractivity contribution in [3.05, 3.63) is 0 Å². The number of carbonyl (C=O) groups is 3. The number of hydrogen-bond donors (Lipinski definition) is 3. The molecule has 7 nitrogen and oxygen atoms in total. The highest BCUT2D eigenvalue weighted by atomic mass is 19.4. The van der Waals surface area contributed by atoms with E-state index in [4.69, 9.17) is 9.84 Å². The highest BCUT2D eigenvalue weighted by molar-refractivity contribution is 5.81. The van der Waals surface area contributed by atoms with E-state index in [1.54, 1.807) is 5.32 Å². The molecular formula is C10H15F3N2O5. The Morgan fingerprint density at radius 2 is 1.55 bits per heavy atom. The van der Waals surface area contributed by atoms with E-state index < -0.39 is 24.0 Å². The van der Waals surface area contributed by atoms with Crippen LogP contribution in [0.15, 0.2) is 0 Å². The van der Waals surface area contributed by atoms with E-state index in [2.05, 4.69) is 5.32 Å². The Labute approximate surface area is 112 Å². The molecule has 116 valence electrons. The maximum absolute atomic E-state index is 11.8. The Hall–Kier alpha value is -1.84. The van der Waals surface area contributed by atoms with Crippen molar-refractivity contribution in [3.63, 3.8) is 0 Å². The van der Waals surface area contributed by atoms with Crippen molar-refractivity contribution >= 4 is 17.8 Å². The number of aliphatic carboxylic acids is 1. The molecule has 0 radical (unpaired) electrons. The average Bonchev–Trinajstić information content (AvgIpc) is 2.33. The fourth-order valence-corrected chi connectivity index (χ4v) is 1.01. The summed E-state index contributed by atoms with van der Waals surface area (Å²) in [5.41, 5.74) is 0. The van der Waals surface area contributed by atoms with Gasteiger partial charge in [0.25, 0.3) is 0 Å². The van der Waals surface area contributed by atoms with Gasteiger partial charge in [-0.3, -0.25) is 14.4 Å². The minimum atomic E-state index is -4.92. The number of rotatable bonds is 9. The van der Waals surface area contributed by atoms with E-state index in [0.717, 1.165) is 0 Å². The summed E-state index contributed by atoms with van der Waals surface area (Å²) in [7, 11) is 0. The molecule has 0 atom stereocenters. The van der Waals surface area contributed by atoms with Crippen LogP contribution >= 0.6 is 0 Å². The van der Waals surface area contributed by atoms with Crippen molar-refractivity contribution in [3.8, 4) is 0 Å². The molecule has 0 unspecified atom stereocenters. The summed E-state index contributed by atoms with van der Waals surface area (Å²) in [5, 5.41) is 12.3. The minimum absolute atomic E-state index is 0.0424. The predicted molar refractivity (Wildman–Crippen MR) is 59.8 cm³/mol. The monoisotopic (exact) mass is 300 g/mol. The van der Waals surface area contributed by atoms with Crippen LogP contribution in [0.2, 0.25) is 0 Å². The van der Waals surface area contributed by atoms with Crippen LogP contribution in [0.3, 0.4) is 0 Å². The normalized spacial score (nSPS) is 10.9. The van der Waals surface area contributed by atoms with Crippen LogP contribution in [-0.4, -0.2) is 55.4 Å². The second-order valence-corrected chi connectivity index (χ2v) is 3.61. The molecule has 0 rings (SSSR count). The van der Waals surface area contributed by atoms with Crippen LogP contribution in [0.5, 0.6) is 0 Å². The molecule has 0 aliphatic carbocycles. The maximum atomic E-state index is 11.8. The first-order chi connectivity index (χ1) is 9.23. The Morgan fingerprint density at radius 3 is 2.05 bits per heavy atom. The third-order valence-corrected chi connectivity index (χ3v) is 1.92. The van der Waals surface area contributed by atoms with Gasteiger partial charge < -0.3 is 20.5 Å². The number of hydrogen-bond acceptors (Lipinski definition) is 4. The zero-order chi connectivity index (χ0) is 15.6. The van der Waals surface area contributed by atoms with Gasteiger partial charge in [0.05, 0.1) is 19.6 Å². The Bertz CT molecular complexity index is 346. The summed E-state index contributed by atoms with van der Waals surface area (Å²) in [4.78, 5) is 31.6. The molecule has 0 bridgehead atoms. The molecule has 0 spiro atoms. The summed E-state index contributed by atoms with van der Waals surface area (Å²) in [6, 6.07) is 0. The number of halogens is 3. The molecule has 0 aromatic carbocycles. The van der Waals surface area contributed by atoms with E-state index in [9.17, 15) is 27.6 Å². The van der Waals surface area contributed by atoms with Gasteiger partial charge in [-0.25, -0.2) is 0 Å². The first-order valence-electron chi connectivity index (χ1n) is 5.64. The second kappa shape index (κ2) is 9.13. The maximum Gasteiger partial charge on any atom is 0.471 e. The molecule has 3 N–H and O–H groups in total. The summed E-state index contributed by atoms with van der Waals surface area (Å²) < 4.78 is 40.1. The number of nitrogens with one attached hydrogen (secondary N) is 2. The number of alkyl halides is 3. The van der Waals surface area contributed by atoms with Gasteiger partial charge in [0, 0.05) is 19.5 Å². The lowest BCUT2D eigenvalue weighted by atomic mass is 10.3. The third-order valence-electron chi connectivity index (χ3n) is 1.92. The van der Waals surface area contributed by atoms with Crippen LogP contribution in [-0.2, 0) is 19.1 Å². The van der Waals surface area contributed by atoms with E-state index in [0.29, 0.717) is 0 Å². The third kappa shape index (κ3) is 10.1. The minimum Gasteiger partial charge on any atom is -0.481 e. The number of carboxylic acids is 1. The van der Waals surface area contributed by atoms with Crippen LogP contribution in [0.4, 0.5) is 13.2 Å². The summed E-state index contributed by atoms with van der Waals surface area (Å²) in [5.74, 6) is -3.58. The SMILES string of the molecule is O=C(O)CCC(=O)NCCOCCNC(=O)C(F)(F)F. The lowest BCUT2D eigenvalue weighted by molar-refractivity contribution is -0.173. The smallest absolute Gasteiger partial charge is 0.471 e. The summed E-state index contributed by atoms with van der Waals surface area (Å²) in [6.07, 6.45) is -5.36. The zero-order valence-electron chi connectivity index (χ0n) is 10.5. The fraction of sp³-hybridized carbons (Fsp3) is 0.700. The fourth-order valence-electron chi connectivity index (χ4n) is 1.01. The van der Waals surface area contributed by atoms with E-state index >= 15 is 0 Å². The van der Waals surface area contributed by atoms with Crippen LogP contribution in [0.25, 0.3) is 0 Å².